The van der Waals surface area contributed by atoms with Crippen molar-refractivity contribution in [1.82, 2.24) is 0 Å². The molecular formula is C40H58O7Si. The van der Waals surface area contributed by atoms with Crippen molar-refractivity contribution < 1.29 is 33.2 Å². The predicted molar refractivity (Wildman–Crippen MR) is 192 cm³/mol. The molecule has 5 rings (SSSR count). The number of fused-ring (bicyclic) bond motifs is 2. The molecule has 2 bridgehead atoms. The standard InChI is InChI=1S/C40H58O7Si/c1-10-40(41)34(44-29-42-7)32-21-23-39(40,37(32,5)6)25-24-38(45-27-30-17-13-11-14-18-30)28-43-35(31-19-15-12-16-20-31)47-33(38)22-26-46-48(8,9)36(2,3)4/h10-20,24-25,32-35,41H,1,21-23,26-29H2,2-9H3/b25-24+/t32-,33+,34-,35-,38+,39+,40-/m1/s1. The van der Waals surface area contributed by atoms with E-state index >= 15 is 0 Å². The highest BCUT2D eigenvalue weighted by molar-refractivity contribution is 6.74. The third-order valence-electron chi connectivity index (χ3n) is 12.1. The molecule has 8 heteroatoms. The fourth-order valence-electron chi connectivity index (χ4n) is 8.07. The zero-order chi connectivity index (χ0) is 34.8. The monoisotopic (exact) mass is 678 g/mol. The Balaban J connectivity index is 1.55. The van der Waals surface area contributed by atoms with Gasteiger partial charge in [0.15, 0.2) is 14.6 Å². The lowest BCUT2D eigenvalue weighted by molar-refractivity contribution is -0.295. The number of hydrogen-bond acceptors (Lipinski definition) is 7. The van der Waals surface area contributed by atoms with Crippen molar-refractivity contribution in [3.8, 4) is 0 Å². The van der Waals surface area contributed by atoms with Crippen molar-refractivity contribution in [3.63, 3.8) is 0 Å². The van der Waals surface area contributed by atoms with E-state index in [1.807, 2.05) is 48.5 Å². The van der Waals surface area contributed by atoms with Gasteiger partial charge in [0.05, 0.1) is 25.4 Å². The molecule has 7 nitrogen and oxygen atoms in total. The maximum Gasteiger partial charge on any atom is 0.191 e. The third-order valence-corrected chi connectivity index (χ3v) is 16.7. The van der Waals surface area contributed by atoms with E-state index in [9.17, 15) is 5.11 Å². The summed E-state index contributed by atoms with van der Waals surface area (Å²) in [6.07, 6.45) is 6.95. The molecule has 1 saturated heterocycles. The molecule has 3 aliphatic rings. The molecule has 7 atom stereocenters. The first kappa shape index (κ1) is 37.1. The summed E-state index contributed by atoms with van der Waals surface area (Å²) in [4.78, 5) is 0. The first-order valence-corrected chi connectivity index (χ1v) is 20.4. The molecule has 2 aromatic rings. The number of aliphatic hydroxyl groups is 1. The number of ether oxygens (including phenoxy) is 5. The Kier molecular flexibility index (Phi) is 11.0. The fraction of sp³-hybridized carbons (Fsp3) is 0.600. The Morgan fingerprint density at radius 1 is 1.02 bits per heavy atom. The molecule has 0 spiro atoms. The second-order valence-electron chi connectivity index (χ2n) is 16.0. The van der Waals surface area contributed by atoms with Gasteiger partial charge in [-0.15, -0.1) is 6.58 Å². The molecule has 1 aliphatic heterocycles. The average Bonchev–Trinajstić information content (AvgIpc) is 3.40. The molecule has 2 saturated carbocycles. The van der Waals surface area contributed by atoms with E-state index in [0.717, 1.165) is 24.0 Å². The van der Waals surface area contributed by atoms with Crippen LogP contribution in [-0.4, -0.2) is 64.0 Å². The van der Waals surface area contributed by atoms with Crippen molar-refractivity contribution in [1.29, 1.82) is 0 Å². The minimum atomic E-state index is -2.02. The summed E-state index contributed by atoms with van der Waals surface area (Å²) >= 11 is 0. The molecule has 1 heterocycles. The summed E-state index contributed by atoms with van der Waals surface area (Å²) in [6.45, 7) is 21.2. The van der Waals surface area contributed by atoms with Crippen LogP contribution in [0.3, 0.4) is 0 Å². The Morgan fingerprint density at radius 2 is 1.69 bits per heavy atom. The van der Waals surface area contributed by atoms with Gasteiger partial charge in [0.2, 0.25) is 0 Å². The van der Waals surface area contributed by atoms with Crippen molar-refractivity contribution in [2.24, 2.45) is 16.7 Å². The van der Waals surface area contributed by atoms with E-state index in [1.54, 1.807) is 13.2 Å². The smallest absolute Gasteiger partial charge is 0.191 e. The Labute approximate surface area is 289 Å². The lowest BCUT2D eigenvalue weighted by Crippen LogP contribution is -2.56. The highest BCUT2D eigenvalue weighted by Crippen LogP contribution is 2.71. The molecule has 264 valence electrons. The van der Waals surface area contributed by atoms with Crippen LogP contribution in [0.15, 0.2) is 85.5 Å². The summed E-state index contributed by atoms with van der Waals surface area (Å²) in [5.74, 6) is 0.122. The fourth-order valence-corrected chi connectivity index (χ4v) is 9.13. The van der Waals surface area contributed by atoms with Crippen molar-refractivity contribution >= 4 is 8.32 Å². The molecule has 2 aromatic carbocycles. The van der Waals surface area contributed by atoms with Gasteiger partial charge in [0.1, 0.15) is 18.0 Å². The second kappa shape index (κ2) is 14.2. The van der Waals surface area contributed by atoms with E-state index in [-0.39, 0.29) is 29.8 Å². The number of hydrogen-bond donors (Lipinski definition) is 1. The minimum absolute atomic E-state index is 0.0830. The Morgan fingerprint density at radius 3 is 2.31 bits per heavy atom. The maximum absolute atomic E-state index is 12.5. The van der Waals surface area contributed by atoms with E-state index in [2.05, 4.69) is 78.6 Å². The minimum Gasteiger partial charge on any atom is -0.417 e. The number of benzene rings is 2. The molecule has 2 aliphatic carbocycles. The summed E-state index contributed by atoms with van der Waals surface area (Å²) in [5.41, 5.74) is -1.21. The lowest BCUT2D eigenvalue weighted by Gasteiger charge is -2.48. The van der Waals surface area contributed by atoms with Crippen molar-refractivity contribution in [2.75, 3.05) is 27.1 Å². The van der Waals surface area contributed by atoms with Crippen LogP contribution < -0.4 is 0 Å². The van der Waals surface area contributed by atoms with Gasteiger partial charge in [-0.05, 0) is 54.3 Å². The van der Waals surface area contributed by atoms with Crippen molar-refractivity contribution in [2.45, 2.75) is 108 Å². The van der Waals surface area contributed by atoms with Gasteiger partial charge in [-0.2, -0.15) is 0 Å². The topological polar surface area (TPSA) is 75.6 Å². The maximum atomic E-state index is 12.5. The molecule has 1 N–H and O–H groups in total. The van der Waals surface area contributed by atoms with Gasteiger partial charge >= 0.3 is 0 Å². The molecule has 0 amide bonds. The summed E-state index contributed by atoms with van der Waals surface area (Å²) in [7, 11) is -0.409. The SMILES string of the molecule is C=C[C@@]1(O)[C@H](OCOC)[C@H]2CC[C@]1(/C=C/[C@]1(OCc3ccccc3)CO[C@@H](c3ccccc3)O[C@H]1CCO[Si](C)(C)C(C)(C)C)C2(C)C. The quantitative estimate of drug-likeness (QED) is 0.122. The average molecular weight is 679 g/mol. The first-order chi connectivity index (χ1) is 22.7. The predicted octanol–water partition coefficient (Wildman–Crippen LogP) is 8.37. The van der Waals surface area contributed by atoms with Crippen LogP contribution in [0.2, 0.25) is 18.1 Å². The Bertz CT molecular complexity index is 1390. The molecule has 0 aromatic heterocycles. The molecule has 0 radical (unpaired) electrons. The second-order valence-corrected chi connectivity index (χ2v) is 20.8. The molecule has 48 heavy (non-hydrogen) atoms. The Hall–Kier alpha value is -2.14. The zero-order valence-electron chi connectivity index (χ0n) is 30.4. The van der Waals surface area contributed by atoms with Crippen LogP contribution in [0.4, 0.5) is 0 Å². The van der Waals surface area contributed by atoms with Crippen LogP contribution in [0.25, 0.3) is 0 Å². The van der Waals surface area contributed by atoms with Gasteiger partial charge in [-0.1, -0.05) is 114 Å². The third kappa shape index (κ3) is 6.67. The van der Waals surface area contributed by atoms with Crippen LogP contribution in [-0.2, 0) is 34.7 Å². The van der Waals surface area contributed by atoms with Gasteiger partial charge in [-0.3, -0.25) is 0 Å². The number of methoxy groups -OCH3 is 1. The lowest BCUT2D eigenvalue weighted by atomic mass is 9.62. The van der Waals surface area contributed by atoms with E-state index in [4.69, 9.17) is 28.1 Å². The zero-order valence-corrected chi connectivity index (χ0v) is 31.4. The molecular weight excluding hydrogens is 621 g/mol. The van der Waals surface area contributed by atoms with Crippen LogP contribution in [0, 0.1) is 16.7 Å². The van der Waals surface area contributed by atoms with Gasteiger partial charge < -0.3 is 33.2 Å². The van der Waals surface area contributed by atoms with Gasteiger partial charge in [0, 0.05) is 24.7 Å². The molecule has 0 unspecified atom stereocenters. The van der Waals surface area contributed by atoms with E-state index < -0.39 is 43.4 Å². The van der Waals surface area contributed by atoms with Crippen LogP contribution >= 0.6 is 0 Å². The summed E-state index contributed by atoms with van der Waals surface area (Å²) in [6, 6.07) is 20.2. The summed E-state index contributed by atoms with van der Waals surface area (Å²) < 4.78 is 38.6. The normalized spacial score (nSPS) is 33.4. The highest BCUT2D eigenvalue weighted by Gasteiger charge is 2.74. The molecule has 3 fully saturated rings. The van der Waals surface area contributed by atoms with Gasteiger partial charge in [0.25, 0.3) is 0 Å². The summed E-state index contributed by atoms with van der Waals surface area (Å²) in [5, 5.41) is 12.6. The van der Waals surface area contributed by atoms with E-state index in [0.29, 0.717) is 19.6 Å². The van der Waals surface area contributed by atoms with Gasteiger partial charge in [-0.25, -0.2) is 0 Å². The van der Waals surface area contributed by atoms with Crippen LogP contribution in [0.5, 0.6) is 0 Å². The largest absolute Gasteiger partial charge is 0.417 e. The van der Waals surface area contributed by atoms with Crippen LogP contribution in [0.1, 0.15) is 71.3 Å². The van der Waals surface area contributed by atoms with E-state index in [1.165, 1.54) is 0 Å². The first-order valence-electron chi connectivity index (χ1n) is 17.5. The van der Waals surface area contributed by atoms with Crippen molar-refractivity contribution in [3.05, 3.63) is 96.6 Å². The highest BCUT2D eigenvalue weighted by atomic mass is 28.4. The number of rotatable bonds is 14.